The van der Waals surface area contributed by atoms with E-state index in [0.29, 0.717) is 18.8 Å². The normalized spacial score (nSPS) is 11.5. The fraction of sp³-hybridized carbons (Fsp3) is 0.625. The van der Waals surface area contributed by atoms with Crippen LogP contribution in [0.1, 0.15) is 95.3 Å². The lowest BCUT2D eigenvalue weighted by molar-refractivity contribution is -0.155. The molecule has 0 bridgehead atoms. The van der Waals surface area contributed by atoms with Crippen LogP contribution in [0.25, 0.3) is 0 Å². The summed E-state index contributed by atoms with van der Waals surface area (Å²) in [6, 6.07) is 9.01. The second kappa shape index (κ2) is 28.9. The van der Waals surface area contributed by atoms with E-state index in [4.69, 9.17) is 33.5 Å². The number of unbranched alkanes of at least 4 members (excludes halogenated alkanes) is 8. The van der Waals surface area contributed by atoms with E-state index in [1.54, 1.807) is 12.1 Å². The number of nitrogens with one attached hydrogen (secondary N) is 3. The molecule has 326 valence electrons. The number of anilines is 1. The van der Waals surface area contributed by atoms with Crippen LogP contribution in [0.2, 0.25) is 0 Å². The number of pyridine rings is 1. The first kappa shape index (κ1) is 49.8. The van der Waals surface area contributed by atoms with Crippen LogP contribution in [0.4, 0.5) is 5.82 Å². The van der Waals surface area contributed by atoms with Crippen molar-refractivity contribution < 1.29 is 61.1 Å². The Morgan fingerprint density at radius 3 is 1.83 bits per heavy atom. The van der Waals surface area contributed by atoms with Gasteiger partial charge in [-0.05, 0) is 70.0 Å². The standard InChI is InChI=1S/C40H62N4O13S/c1-40(2,3)57-38(48)13-11-9-7-5-4-6-8-10-12-22-56-33-15-17-34(18-16-33)58(50,51)44-35-19-14-32(29-43-35)39(49)42-21-24-53-25-27-54-30-36(45)41-20-23-52-26-28-55-31-37(46)47/h14-19,29H,4-13,20-28,30-31H2,1-3H3,(H,41,45)(H,42,49)(H,43,44)(H,46,47). The van der Waals surface area contributed by atoms with Gasteiger partial charge in [-0.25, -0.2) is 18.2 Å². The number of carboxylic acid groups (broad SMARTS) is 1. The molecule has 1 aromatic heterocycles. The molecule has 4 N–H and O–H groups in total. The van der Waals surface area contributed by atoms with Gasteiger partial charge in [-0.1, -0.05) is 44.9 Å². The molecule has 2 amide bonds. The number of carbonyl (C=O) groups is 4. The molecule has 0 saturated carbocycles. The second-order valence-corrected chi connectivity index (χ2v) is 15.9. The zero-order valence-electron chi connectivity index (χ0n) is 34.1. The molecule has 0 aliphatic carbocycles. The largest absolute Gasteiger partial charge is 0.494 e. The molecule has 0 atom stereocenters. The van der Waals surface area contributed by atoms with E-state index in [0.717, 1.165) is 51.4 Å². The molecule has 0 spiro atoms. The topological polar surface area (TPSA) is 227 Å². The summed E-state index contributed by atoms with van der Waals surface area (Å²) in [6.45, 7) is 7.29. The monoisotopic (exact) mass is 838 g/mol. The van der Waals surface area contributed by atoms with Crippen LogP contribution >= 0.6 is 0 Å². The number of carboxylic acids is 1. The van der Waals surface area contributed by atoms with Gasteiger partial charge in [0.05, 0.1) is 56.7 Å². The number of nitrogens with zero attached hydrogens (tertiary/aromatic N) is 1. The number of aromatic nitrogens is 1. The lowest BCUT2D eigenvalue weighted by Crippen LogP contribution is -2.31. The van der Waals surface area contributed by atoms with Crippen molar-refractivity contribution in [3.05, 3.63) is 48.2 Å². The molecule has 0 unspecified atom stereocenters. The SMILES string of the molecule is CC(C)(C)OC(=O)CCCCCCCCCCCOc1ccc(S(=O)(=O)Nc2ccc(C(=O)NCCOCCOCC(=O)NCCOCCOCC(=O)O)cn2)cc1. The molecular formula is C40H62N4O13S. The average Bonchev–Trinajstić information content (AvgIpc) is 3.16. The predicted molar refractivity (Wildman–Crippen MR) is 215 cm³/mol. The first-order chi connectivity index (χ1) is 27.7. The highest BCUT2D eigenvalue weighted by Gasteiger charge is 2.17. The van der Waals surface area contributed by atoms with E-state index in [1.807, 2.05) is 20.8 Å². The van der Waals surface area contributed by atoms with E-state index in [1.165, 1.54) is 36.9 Å². The Kier molecular flexibility index (Phi) is 24.8. The molecular weight excluding hydrogens is 777 g/mol. The van der Waals surface area contributed by atoms with Gasteiger partial charge in [-0.15, -0.1) is 0 Å². The second-order valence-electron chi connectivity index (χ2n) is 14.2. The van der Waals surface area contributed by atoms with Crippen LogP contribution in [-0.2, 0) is 48.1 Å². The highest BCUT2D eigenvalue weighted by Crippen LogP contribution is 2.20. The van der Waals surface area contributed by atoms with E-state index >= 15 is 0 Å². The van der Waals surface area contributed by atoms with Crippen LogP contribution in [-0.4, -0.2) is 120 Å². The zero-order chi connectivity index (χ0) is 42.5. The van der Waals surface area contributed by atoms with Gasteiger partial charge in [0.15, 0.2) is 0 Å². The lowest BCUT2D eigenvalue weighted by Gasteiger charge is -2.19. The third kappa shape index (κ3) is 25.1. The minimum Gasteiger partial charge on any atom is -0.494 e. The molecule has 2 rings (SSSR count). The number of hydrogen-bond acceptors (Lipinski definition) is 13. The number of rotatable bonds is 33. The van der Waals surface area contributed by atoms with Crippen molar-refractivity contribution in [3.8, 4) is 5.75 Å². The minimum atomic E-state index is -3.92. The molecule has 1 heterocycles. The van der Waals surface area contributed by atoms with E-state index in [2.05, 4.69) is 20.3 Å². The van der Waals surface area contributed by atoms with Crippen molar-refractivity contribution in [2.75, 3.05) is 77.3 Å². The first-order valence-electron chi connectivity index (χ1n) is 19.8. The Morgan fingerprint density at radius 2 is 1.24 bits per heavy atom. The molecule has 18 heteroatoms. The summed E-state index contributed by atoms with van der Waals surface area (Å²) >= 11 is 0. The summed E-state index contributed by atoms with van der Waals surface area (Å²) in [5, 5.41) is 13.8. The van der Waals surface area contributed by atoms with Gasteiger partial charge in [0.1, 0.15) is 30.4 Å². The average molecular weight is 839 g/mol. The maximum absolute atomic E-state index is 12.9. The number of esters is 1. The summed E-state index contributed by atoms with van der Waals surface area (Å²) in [7, 11) is -3.92. The molecule has 0 fully saturated rings. The smallest absolute Gasteiger partial charge is 0.329 e. The molecule has 17 nitrogen and oxygen atoms in total. The molecule has 0 aliphatic heterocycles. The maximum atomic E-state index is 12.9. The zero-order valence-corrected chi connectivity index (χ0v) is 34.9. The molecule has 2 aromatic rings. The number of benzene rings is 1. The summed E-state index contributed by atoms with van der Waals surface area (Å²) in [5.74, 6) is -1.28. The molecule has 1 aromatic carbocycles. The molecule has 0 saturated heterocycles. The van der Waals surface area contributed by atoms with Crippen LogP contribution in [0.3, 0.4) is 0 Å². The number of ether oxygens (including phenoxy) is 6. The van der Waals surface area contributed by atoms with Gasteiger partial charge >= 0.3 is 11.9 Å². The van der Waals surface area contributed by atoms with Crippen LogP contribution in [0, 0.1) is 0 Å². The van der Waals surface area contributed by atoms with Gasteiger partial charge in [-0.3, -0.25) is 19.1 Å². The fourth-order valence-electron chi connectivity index (χ4n) is 5.11. The van der Waals surface area contributed by atoms with Crippen LogP contribution in [0.15, 0.2) is 47.5 Å². The first-order valence-corrected chi connectivity index (χ1v) is 21.2. The highest BCUT2D eigenvalue weighted by molar-refractivity contribution is 7.92. The van der Waals surface area contributed by atoms with Gasteiger partial charge in [0, 0.05) is 25.7 Å². The van der Waals surface area contributed by atoms with E-state index in [9.17, 15) is 27.6 Å². The predicted octanol–water partition coefficient (Wildman–Crippen LogP) is 4.50. The molecule has 0 radical (unpaired) electrons. The summed E-state index contributed by atoms with van der Waals surface area (Å²) in [5.41, 5.74) is -0.189. The van der Waals surface area contributed by atoms with Crippen molar-refractivity contribution in [1.82, 2.24) is 15.6 Å². The van der Waals surface area contributed by atoms with Crippen molar-refractivity contribution in [1.29, 1.82) is 0 Å². The third-order valence-electron chi connectivity index (χ3n) is 7.92. The number of amides is 2. The van der Waals surface area contributed by atoms with Crippen LogP contribution in [0.5, 0.6) is 5.75 Å². The Labute approximate surface area is 342 Å². The van der Waals surface area contributed by atoms with E-state index in [-0.39, 0.29) is 94.1 Å². The van der Waals surface area contributed by atoms with Crippen molar-refractivity contribution in [2.24, 2.45) is 0 Å². The minimum absolute atomic E-state index is 0.0445. The number of hydrogen-bond donors (Lipinski definition) is 4. The van der Waals surface area contributed by atoms with Crippen molar-refractivity contribution in [3.63, 3.8) is 0 Å². The van der Waals surface area contributed by atoms with Gasteiger partial charge in [0.25, 0.3) is 15.9 Å². The number of sulfonamides is 1. The highest BCUT2D eigenvalue weighted by atomic mass is 32.2. The van der Waals surface area contributed by atoms with Gasteiger partial charge in [-0.2, -0.15) is 0 Å². The maximum Gasteiger partial charge on any atom is 0.329 e. The Balaban J connectivity index is 1.51. The van der Waals surface area contributed by atoms with Crippen molar-refractivity contribution >= 4 is 39.6 Å². The summed E-state index contributed by atoms with van der Waals surface area (Å²) in [6.07, 6.45) is 11.4. The summed E-state index contributed by atoms with van der Waals surface area (Å²) < 4.78 is 60.1. The lowest BCUT2D eigenvalue weighted by atomic mass is 10.1. The molecule has 0 aliphatic rings. The van der Waals surface area contributed by atoms with E-state index < -0.39 is 27.5 Å². The Morgan fingerprint density at radius 1 is 0.672 bits per heavy atom. The molecule has 58 heavy (non-hydrogen) atoms. The number of carbonyl (C=O) groups excluding carboxylic acids is 3. The quantitative estimate of drug-likeness (QED) is 0.0574. The Bertz CT molecular complexity index is 1590. The third-order valence-corrected chi connectivity index (χ3v) is 9.29. The number of aliphatic carboxylic acids is 1. The fourth-order valence-corrected chi connectivity index (χ4v) is 6.12. The summed E-state index contributed by atoms with van der Waals surface area (Å²) in [4.78, 5) is 50.4. The Hall–Kier alpha value is -4.36. The van der Waals surface area contributed by atoms with Crippen LogP contribution < -0.4 is 20.1 Å². The van der Waals surface area contributed by atoms with Crippen molar-refractivity contribution in [2.45, 2.75) is 95.5 Å². The van der Waals surface area contributed by atoms with Gasteiger partial charge in [0.2, 0.25) is 5.91 Å². The van der Waals surface area contributed by atoms with Gasteiger partial charge < -0.3 is 44.2 Å².